The van der Waals surface area contributed by atoms with Crippen molar-refractivity contribution in [1.29, 1.82) is 0 Å². The van der Waals surface area contributed by atoms with Crippen molar-refractivity contribution < 1.29 is 14.3 Å². The second-order valence-electron chi connectivity index (χ2n) is 4.44. The van der Waals surface area contributed by atoms with Gasteiger partial charge in [-0.25, -0.2) is 0 Å². The van der Waals surface area contributed by atoms with E-state index in [4.69, 9.17) is 16.3 Å². The van der Waals surface area contributed by atoms with Gasteiger partial charge in [0.25, 0.3) is 5.91 Å². The molecule has 0 atom stereocenters. The molecule has 0 bridgehead atoms. The van der Waals surface area contributed by atoms with Gasteiger partial charge in [0.15, 0.2) is 5.78 Å². The van der Waals surface area contributed by atoms with E-state index < -0.39 is 0 Å². The summed E-state index contributed by atoms with van der Waals surface area (Å²) in [6, 6.07) is 11.5. The molecule has 2 aromatic rings. The molecule has 108 valence electrons. The molecule has 2 aromatic carbocycles. The molecule has 0 radical (unpaired) electrons. The van der Waals surface area contributed by atoms with Crippen LogP contribution in [0.25, 0.3) is 0 Å². The van der Waals surface area contributed by atoms with Crippen LogP contribution in [0.15, 0.2) is 42.5 Å². The molecule has 0 aromatic heterocycles. The van der Waals surface area contributed by atoms with E-state index in [1.807, 2.05) is 0 Å². The fraction of sp³-hybridized carbons (Fsp3) is 0.125. The van der Waals surface area contributed by atoms with Gasteiger partial charge in [-0.1, -0.05) is 11.6 Å². The third kappa shape index (κ3) is 3.61. The summed E-state index contributed by atoms with van der Waals surface area (Å²) in [6.45, 7) is 1.49. The summed E-state index contributed by atoms with van der Waals surface area (Å²) < 4.78 is 5.04. The smallest absolute Gasteiger partial charge is 0.255 e. The molecule has 1 amide bonds. The molecule has 2 rings (SSSR count). The number of ketones is 1. The minimum atomic E-state index is -0.282. The van der Waals surface area contributed by atoms with Gasteiger partial charge < -0.3 is 10.1 Å². The zero-order chi connectivity index (χ0) is 15.4. The topological polar surface area (TPSA) is 55.4 Å². The highest BCUT2D eigenvalue weighted by Crippen LogP contribution is 2.25. The maximum absolute atomic E-state index is 12.1. The number of Topliss-reactive ketones (excluding diaryl/α,β-unsaturated/α-hetero) is 1. The number of amides is 1. The Morgan fingerprint density at radius 3 is 2.19 bits per heavy atom. The van der Waals surface area contributed by atoms with E-state index in [0.717, 1.165) is 0 Å². The first-order valence-electron chi connectivity index (χ1n) is 6.27. The molecule has 0 saturated heterocycles. The van der Waals surface area contributed by atoms with Crippen LogP contribution in [0.5, 0.6) is 5.75 Å². The second kappa shape index (κ2) is 6.41. The minimum Gasteiger partial charge on any atom is -0.495 e. The highest BCUT2D eigenvalue weighted by molar-refractivity contribution is 6.32. The lowest BCUT2D eigenvalue weighted by molar-refractivity contribution is 0.101. The minimum absolute atomic E-state index is 0.0187. The summed E-state index contributed by atoms with van der Waals surface area (Å²) in [5.74, 6) is 0.212. The monoisotopic (exact) mass is 303 g/mol. The SMILES string of the molecule is COc1ccc(C(=O)Nc2ccc(C(C)=O)cc2)cc1Cl. The number of hydrogen-bond donors (Lipinski definition) is 1. The molecule has 0 heterocycles. The number of nitrogens with one attached hydrogen (secondary N) is 1. The second-order valence-corrected chi connectivity index (χ2v) is 4.84. The van der Waals surface area contributed by atoms with E-state index in [2.05, 4.69) is 5.32 Å². The third-order valence-electron chi connectivity index (χ3n) is 2.96. The number of ether oxygens (including phenoxy) is 1. The summed E-state index contributed by atoms with van der Waals surface area (Å²) >= 11 is 5.99. The van der Waals surface area contributed by atoms with Crippen molar-refractivity contribution in [3.63, 3.8) is 0 Å². The predicted octanol–water partition coefficient (Wildman–Crippen LogP) is 3.80. The molecule has 0 saturated carbocycles. The van der Waals surface area contributed by atoms with Crippen LogP contribution in [0.2, 0.25) is 5.02 Å². The van der Waals surface area contributed by atoms with Crippen molar-refractivity contribution in [3.05, 3.63) is 58.6 Å². The number of benzene rings is 2. The number of carbonyl (C=O) groups excluding carboxylic acids is 2. The molecule has 0 aliphatic rings. The van der Waals surface area contributed by atoms with Gasteiger partial charge in [0.2, 0.25) is 0 Å². The molecule has 5 heteroatoms. The van der Waals surface area contributed by atoms with Crippen LogP contribution >= 0.6 is 11.6 Å². The van der Waals surface area contributed by atoms with E-state index in [1.165, 1.54) is 14.0 Å². The number of hydrogen-bond acceptors (Lipinski definition) is 3. The van der Waals surface area contributed by atoms with Crippen molar-refractivity contribution in [3.8, 4) is 5.75 Å². The zero-order valence-electron chi connectivity index (χ0n) is 11.6. The Labute approximate surface area is 127 Å². The van der Waals surface area contributed by atoms with Crippen LogP contribution < -0.4 is 10.1 Å². The van der Waals surface area contributed by atoms with Gasteiger partial charge in [0.1, 0.15) is 5.75 Å². The highest BCUT2D eigenvalue weighted by Gasteiger charge is 2.09. The first-order chi connectivity index (χ1) is 10.0. The summed E-state index contributed by atoms with van der Waals surface area (Å²) in [5.41, 5.74) is 1.63. The van der Waals surface area contributed by atoms with Gasteiger partial charge in [-0.2, -0.15) is 0 Å². The maximum atomic E-state index is 12.1. The number of halogens is 1. The number of anilines is 1. The molecule has 21 heavy (non-hydrogen) atoms. The van der Waals surface area contributed by atoms with Crippen LogP contribution in [-0.4, -0.2) is 18.8 Å². The Kier molecular flexibility index (Phi) is 4.60. The van der Waals surface area contributed by atoms with Gasteiger partial charge in [-0.05, 0) is 49.4 Å². The van der Waals surface area contributed by atoms with E-state index in [9.17, 15) is 9.59 Å². The third-order valence-corrected chi connectivity index (χ3v) is 3.26. The number of carbonyl (C=O) groups is 2. The Morgan fingerprint density at radius 1 is 1.05 bits per heavy atom. The average Bonchev–Trinajstić information content (AvgIpc) is 2.47. The van der Waals surface area contributed by atoms with Gasteiger partial charge in [0, 0.05) is 16.8 Å². The lowest BCUT2D eigenvalue weighted by Gasteiger charge is -2.08. The van der Waals surface area contributed by atoms with Gasteiger partial charge in [0.05, 0.1) is 12.1 Å². The average molecular weight is 304 g/mol. The van der Waals surface area contributed by atoms with Crippen molar-refractivity contribution in [2.24, 2.45) is 0 Å². The van der Waals surface area contributed by atoms with Crippen LogP contribution in [-0.2, 0) is 0 Å². The molecular formula is C16H14ClNO3. The first-order valence-corrected chi connectivity index (χ1v) is 6.65. The highest BCUT2D eigenvalue weighted by atomic mass is 35.5. The van der Waals surface area contributed by atoms with Crippen molar-refractivity contribution in [1.82, 2.24) is 0 Å². The quantitative estimate of drug-likeness (QED) is 0.874. The standard InChI is InChI=1S/C16H14ClNO3/c1-10(19)11-3-6-13(7-4-11)18-16(20)12-5-8-15(21-2)14(17)9-12/h3-9H,1-2H3,(H,18,20). The van der Waals surface area contributed by atoms with E-state index in [1.54, 1.807) is 42.5 Å². The molecule has 4 nitrogen and oxygen atoms in total. The number of rotatable bonds is 4. The normalized spacial score (nSPS) is 10.0. The van der Waals surface area contributed by atoms with E-state index >= 15 is 0 Å². The summed E-state index contributed by atoms with van der Waals surface area (Å²) in [5, 5.41) is 3.11. The predicted molar refractivity (Wildman–Crippen MR) is 82.4 cm³/mol. The Morgan fingerprint density at radius 2 is 1.67 bits per heavy atom. The molecule has 0 aliphatic carbocycles. The van der Waals surface area contributed by atoms with E-state index in [-0.39, 0.29) is 11.7 Å². The van der Waals surface area contributed by atoms with Gasteiger partial charge in [-0.15, -0.1) is 0 Å². The largest absolute Gasteiger partial charge is 0.495 e. The maximum Gasteiger partial charge on any atom is 0.255 e. The van der Waals surface area contributed by atoms with Crippen molar-refractivity contribution in [2.75, 3.05) is 12.4 Å². The van der Waals surface area contributed by atoms with E-state index in [0.29, 0.717) is 27.6 Å². The van der Waals surface area contributed by atoms with Crippen molar-refractivity contribution >= 4 is 29.0 Å². The van der Waals surface area contributed by atoms with Gasteiger partial charge >= 0.3 is 0 Å². The lowest BCUT2D eigenvalue weighted by atomic mass is 10.1. The van der Waals surface area contributed by atoms with Crippen LogP contribution in [0, 0.1) is 0 Å². The summed E-state index contributed by atoms with van der Waals surface area (Å²) in [4.78, 5) is 23.3. The van der Waals surface area contributed by atoms with Crippen LogP contribution in [0.1, 0.15) is 27.6 Å². The fourth-order valence-electron chi connectivity index (χ4n) is 1.80. The first kappa shape index (κ1) is 15.1. The van der Waals surface area contributed by atoms with Crippen LogP contribution in [0.3, 0.4) is 0 Å². The molecule has 0 fully saturated rings. The number of methoxy groups -OCH3 is 1. The Bertz CT molecular complexity index is 680. The summed E-state index contributed by atoms with van der Waals surface area (Å²) in [7, 11) is 1.51. The van der Waals surface area contributed by atoms with Crippen molar-refractivity contribution in [2.45, 2.75) is 6.92 Å². The molecule has 0 unspecified atom stereocenters. The zero-order valence-corrected chi connectivity index (χ0v) is 12.4. The summed E-state index contributed by atoms with van der Waals surface area (Å²) in [6.07, 6.45) is 0. The Hall–Kier alpha value is -2.33. The van der Waals surface area contributed by atoms with Crippen LogP contribution in [0.4, 0.5) is 5.69 Å². The Balaban J connectivity index is 2.14. The molecule has 0 aliphatic heterocycles. The van der Waals surface area contributed by atoms with Gasteiger partial charge in [-0.3, -0.25) is 9.59 Å². The lowest BCUT2D eigenvalue weighted by Crippen LogP contribution is -2.12. The molecule has 0 spiro atoms. The molecule has 1 N–H and O–H groups in total. The fourth-order valence-corrected chi connectivity index (χ4v) is 2.06. The molecular weight excluding hydrogens is 290 g/mol.